The lowest BCUT2D eigenvalue weighted by Crippen LogP contribution is -2.46. The molecule has 1 aromatic rings. The number of carbonyl (C=O) groups excluding carboxylic acids is 3. The monoisotopic (exact) mass is 328 g/mol. The summed E-state index contributed by atoms with van der Waals surface area (Å²) in [7, 11) is 1.31. The van der Waals surface area contributed by atoms with E-state index in [1.807, 2.05) is 0 Å². The van der Waals surface area contributed by atoms with E-state index in [0.29, 0.717) is 30.6 Å². The van der Waals surface area contributed by atoms with E-state index in [1.54, 1.807) is 29.2 Å². The first-order valence-electron chi connectivity index (χ1n) is 7.92. The van der Waals surface area contributed by atoms with Gasteiger partial charge in [-0.25, -0.2) is 4.79 Å². The average Bonchev–Trinajstić information content (AvgIpc) is 3.03. The maximum Gasteiger partial charge on any atom is 0.337 e. The molecule has 6 nitrogen and oxygen atoms in total. The lowest BCUT2D eigenvalue weighted by atomic mass is 9.78. The SMILES string of the molecule is C=C1CCC2(CCN(C(=O)c3ccc(C(=O)OC)cc3)C2)C(=O)N1. The molecule has 6 heteroatoms. The summed E-state index contributed by atoms with van der Waals surface area (Å²) in [5.74, 6) is -0.594. The van der Waals surface area contributed by atoms with Crippen LogP contribution in [-0.2, 0) is 9.53 Å². The highest BCUT2D eigenvalue weighted by atomic mass is 16.5. The fraction of sp³-hybridized carbons (Fsp3) is 0.389. The van der Waals surface area contributed by atoms with Gasteiger partial charge < -0.3 is 15.0 Å². The molecule has 2 amide bonds. The van der Waals surface area contributed by atoms with Gasteiger partial charge in [0.2, 0.25) is 5.91 Å². The fourth-order valence-electron chi connectivity index (χ4n) is 3.34. The Morgan fingerprint density at radius 1 is 1.21 bits per heavy atom. The third-order valence-electron chi connectivity index (χ3n) is 4.87. The maximum absolute atomic E-state index is 12.7. The van der Waals surface area contributed by atoms with Gasteiger partial charge in [0, 0.05) is 24.4 Å². The Labute approximate surface area is 140 Å². The van der Waals surface area contributed by atoms with Crippen LogP contribution in [-0.4, -0.2) is 42.9 Å². The summed E-state index contributed by atoms with van der Waals surface area (Å²) < 4.78 is 4.65. The number of hydrogen-bond acceptors (Lipinski definition) is 4. The summed E-state index contributed by atoms with van der Waals surface area (Å²) in [4.78, 5) is 38.1. The van der Waals surface area contributed by atoms with Gasteiger partial charge in [0.1, 0.15) is 0 Å². The smallest absolute Gasteiger partial charge is 0.337 e. The summed E-state index contributed by atoms with van der Waals surface area (Å²) in [5.41, 5.74) is 1.15. The van der Waals surface area contributed by atoms with Crippen molar-refractivity contribution < 1.29 is 19.1 Å². The second kappa shape index (κ2) is 6.11. The van der Waals surface area contributed by atoms with Gasteiger partial charge in [0.05, 0.1) is 18.1 Å². The third kappa shape index (κ3) is 2.79. The Balaban J connectivity index is 1.71. The fourth-order valence-corrected chi connectivity index (χ4v) is 3.34. The molecule has 2 aliphatic heterocycles. The first-order chi connectivity index (χ1) is 11.4. The minimum absolute atomic E-state index is 0.0323. The number of allylic oxidation sites excluding steroid dienone is 1. The van der Waals surface area contributed by atoms with Gasteiger partial charge in [-0.1, -0.05) is 6.58 Å². The Bertz CT molecular complexity index is 710. The molecule has 0 radical (unpaired) electrons. The Morgan fingerprint density at radius 3 is 2.50 bits per heavy atom. The number of nitrogens with one attached hydrogen (secondary N) is 1. The van der Waals surface area contributed by atoms with Crippen molar-refractivity contribution in [2.75, 3.05) is 20.2 Å². The molecular weight excluding hydrogens is 308 g/mol. The molecule has 24 heavy (non-hydrogen) atoms. The summed E-state index contributed by atoms with van der Waals surface area (Å²) >= 11 is 0. The zero-order valence-electron chi connectivity index (χ0n) is 13.6. The van der Waals surface area contributed by atoms with Crippen LogP contribution in [0.3, 0.4) is 0 Å². The number of rotatable bonds is 2. The highest BCUT2D eigenvalue weighted by molar-refractivity contribution is 5.97. The average molecular weight is 328 g/mol. The summed E-state index contributed by atoms with van der Waals surface area (Å²) in [6.45, 7) is 4.77. The van der Waals surface area contributed by atoms with E-state index in [9.17, 15) is 14.4 Å². The number of ether oxygens (including phenoxy) is 1. The van der Waals surface area contributed by atoms with Crippen molar-refractivity contribution in [3.63, 3.8) is 0 Å². The zero-order chi connectivity index (χ0) is 17.3. The van der Waals surface area contributed by atoms with Gasteiger partial charge >= 0.3 is 5.97 Å². The highest BCUT2D eigenvalue weighted by Crippen LogP contribution is 2.39. The van der Waals surface area contributed by atoms with Crippen LogP contribution >= 0.6 is 0 Å². The molecule has 2 fully saturated rings. The molecule has 0 bridgehead atoms. The Kier molecular flexibility index (Phi) is 4.13. The largest absolute Gasteiger partial charge is 0.465 e. The van der Waals surface area contributed by atoms with Crippen molar-refractivity contribution in [1.29, 1.82) is 0 Å². The van der Waals surface area contributed by atoms with Gasteiger partial charge in [-0.15, -0.1) is 0 Å². The molecule has 3 rings (SSSR count). The van der Waals surface area contributed by atoms with Crippen LogP contribution in [0.4, 0.5) is 0 Å². The van der Waals surface area contributed by atoms with Crippen LogP contribution < -0.4 is 5.32 Å². The second-order valence-electron chi connectivity index (χ2n) is 6.38. The molecule has 1 N–H and O–H groups in total. The molecule has 0 aromatic heterocycles. The molecule has 1 aromatic carbocycles. The zero-order valence-corrected chi connectivity index (χ0v) is 13.6. The van der Waals surface area contributed by atoms with E-state index in [4.69, 9.17) is 0 Å². The van der Waals surface area contributed by atoms with Gasteiger partial charge in [0.15, 0.2) is 0 Å². The van der Waals surface area contributed by atoms with Crippen LogP contribution in [0.5, 0.6) is 0 Å². The van der Waals surface area contributed by atoms with Crippen LogP contribution in [0.2, 0.25) is 0 Å². The standard InChI is InChI=1S/C18H20N2O4/c1-12-7-8-18(17(23)19-12)9-10-20(11-18)15(21)13-3-5-14(6-4-13)16(22)24-2/h3-6H,1,7-11H2,2H3,(H,19,23). The number of piperidine rings is 1. The topological polar surface area (TPSA) is 75.7 Å². The van der Waals surface area contributed by atoms with E-state index in [0.717, 1.165) is 18.5 Å². The molecule has 126 valence electrons. The van der Waals surface area contributed by atoms with Gasteiger partial charge in [-0.2, -0.15) is 0 Å². The second-order valence-corrected chi connectivity index (χ2v) is 6.38. The number of methoxy groups -OCH3 is 1. The summed E-state index contributed by atoms with van der Waals surface area (Å²) in [6, 6.07) is 6.37. The van der Waals surface area contributed by atoms with Crippen LogP contribution in [0.25, 0.3) is 0 Å². The van der Waals surface area contributed by atoms with E-state index in [-0.39, 0.29) is 11.8 Å². The summed E-state index contributed by atoms with van der Waals surface area (Å²) in [5, 5.41) is 2.81. The number of benzene rings is 1. The Morgan fingerprint density at radius 2 is 1.88 bits per heavy atom. The van der Waals surface area contributed by atoms with Crippen LogP contribution in [0, 0.1) is 5.41 Å². The van der Waals surface area contributed by atoms with E-state index < -0.39 is 11.4 Å². The molecule has 2 aliphatic rings. The van der Waals surface area contributed by atoms with Crippen molar-refractivity contribution in [2.24, 2.45) is 5.41 Å². The highest BCUT2D eigenvalue weighted by Gasteiger charge is 2.47. The molecule has 0 saturated carbocycles. The quantitative estimate of drug-likeness (QED) is 0.839. The first-order valence-corrected chi connectivity index (χ1v) is 7.92. The predicted octanol–water partition coefficient (Wildman–Crippen LogP) is 1.73. The predicted molar refractivity (Wildman–Crippen MR) is 87.3 cm³/mol. The van der Waals surface area contributed by atoms with E-state index in [1.165, 1.54) is 7.11 Å². The van der Waals surface area contributed by atoms with Gasteiger partial charge in [-0.05, 0) is 43.5 Å². The lowest BCUT2D eigenvalue weighted by Gasteiger charge is -2.33. The lowest BCUT2D eigenvalue weighted by molar-refractivity contribution is -0.131. The van der Waals surface area contributed by atoms with Gasteiger partial charge in [0.25, 0.3) is 5.91 Å². The first kappa shape index (κ1) is 16.2. The van der Waals surface area contributed by atoms with Crippen molar-refractivity contribution >= 4 is 17.8 Å². The number of amides is 2. The molecular formula is C18H20N2O4. The summed E-state index contributed by atoms with van der Waals surface area (Å²) in [6.07, 6.45) is 2.14. The normalized spacial score (nSPS) is 23.3. The number of carbonyl (C=O) groups is 3. The molecule has 1 unspecified atom stereocenters. The minimum atomic E-state index is -0.497. The van der Waals surface area contributed by atoms with E-state index in [2.05, 4.69) is 16.6 Å². The number of nitrogens with zero attached hydrogens (tertiary/aromatic N) is 1. The van der Waals surface area contributed by atoms with Gasteiger partial charge in [-0.3, -0.25) is 9.59 Å². The van der Waals surface area contributed by atoms with Crippen LogP contribution in [0.1, 0.15) is 40.0 Å². The maximum atomic E-state index is 12.7. The number of hydrogen-bond donors (Lipinski definition) is 1. The molecule has 0 aliphatic carbocycles. The minimum Gasteiger partial charge on any atom is -0.465 e. The molecule has 2 saturated heterocycles. The molecule has 2 heterocycles. The van der Waals surface area contributed by atoms with E-state index >= 15 is 0 Å². The number of likely N-dealkylation sites (tertiary alicyclic amines) is 1. The number of esters is 1. The molecule has 1 atom stereocenters. The van der Waals surface area contributed by atoms with Crippen molar-refractivity contribution in [1.82, 2.24) is 10.2 Å². The van der Waals surface area contributed by atoms with Crippen molar-refractivity contribution in [3.05, 3.63) is 47.7 Å². The van der Waals surface area contributed by atoms with Crippen molar-refractivity contribution in [3.8, 4) is 0 Å². The molecule has 1 spiro atoms. The third-order valence-corrected chi connectivity index (χ3v) is 4.87. The van der Waals surface area contributed by atoms with Crippen molar-refractivity contribution in [2.45, 2.75) is 19.3 Å². The van der Waals surface area contributed by atoms with Crippen LogP contribution in [0.15, 0.2) is 36.5 Å². The Hall–Kier alpha value is -2.63.